The third-order valence-electron chi connectivity index (χ3n) is 6.44. The third kappa shape index (κ3) is 5.38. The zero-order valence-electron chi connectivity index (χ0n) is 20.0. The van der Waals surface area contributed by atoms with Gasteiger partial charge < -0.3 is 19.2 Å². The van der Waals surface area contributed by atoms with Gasteiger partial charge in [-0.2, -0.15) is 0 Å². The van der Waals surface area contributed by atoms with E-state index in [9.17, 15) is 0 Å². The fraction of sp³-hybridized carbons (Fsp3) is 0.423. The van der Waals surface area contributed by atoms with E-state index < -0.39 is 0 Å². The Labute approximate surface area is 208 Å². The van der Waals surface area contributed by atoms with Crippen molar-refractivity contribution in [2.75, 3.05) is 13.7 Å². The monoisotopic (exact) mass is 493 g/mol. The van der Waals surface area contributed by atoms with Gasteiger partial charge in [-0.1, -0.05) is 43.3 Å². The molecular formula is C26H31N5O3S. The van der Waals surface area contributed by atoms with Crippen LogP contribution < -0.4 is 5.49 Å². The molecule has 2 N–H and O–H groups in total. The van der Waals surface area contributed by atoms with Crippen molar-refractivity contribution < 1.29 is 14.2 Å². The van der Waals surface area contributed by atoms with Gasteiger partial charge in [0.05, 0.1) is 25.4 Å². The lowest BCUT2D eigenvalue weighted by Crippen LogP contribution is -2.25. The van der Waals surface area contributed by atoms with Crippen LogP contribution in [0.3, 0.4) is 0 Å². The number of H-pyrrole nitrogens is 1. The first kappa shape index (κ1) is 23.9. The molecule has 35 heavy (non-hydrogen) atoms. The molecule has 7 rings (SSSR count). The quantitative estimate of drug-likeness (QED) is 0.369. The van der Waals surface area contributed by atoms with Crippen molar-refractivity contribution in [3.63, 3.8) is 0 Å². The van der Waals surface area contributed by atoms with E-state index in [1.165, 1.54) is 24.1 Å². The van der Waals surface area contributed by atoms with Gasteiger partial charge in [-0.15, -0.1) is 11.3 Å². The minimum Gasteiger partial charge on any atom is -0.375 e. The first-order valence-electron chi connectivity index (χ1n) is 12.0. The van der Waals surface area contributed by atoms with Crippen LogP contribution in [0.4, 0.5) is 0 Å². The highest BCUT2D eigenvalue weighted by Crippen LogP contribution is 2.36. The maximum Gasteiger partial charge on any atom is 0.173 e. The summed E-state index contributed by atoms with van der Waals surface area (Å²) >= 11 is 1.68. The number of hydrogen-bond acceptors (Lipinski definition) is 7. The minimum atomic E-state index is -0.381. The molecule has 8 nitrogen and oxygen atoms in total. The first-order valence-corrected chi connectivity index (χ1v) is 12.8. The van der Waals surface area contributed by atoms with E-state index in [1.54, 1.807) is 24.8 Å². The lowest BCUT2D eigenvalue weighted by molar-refractivity contribution is -0.0647. The van der Waals surface area contributed by atoms with Crippen LogP contribution in [0.15, 0.2) is 54.2 Å². The summed E-state index contributed by atoms with van der Waals surface area (Å²) < 4.78 is 18.7. The number of thiophene rings is 1. The Kier molecular flexibility index (Phi) is 7.38. The molecule has 4 atom stereocenters. The summed E-state index contributed by atoms with van der Waals surface area (Å²) in [6.07, 6.45) is 6.64. The molecule has 184 valence electrons. The van der Waals surface area contributed by atoms with Gasteiger partial charge in [0, 0.05) is 23.5 Å². The molecule has 2 bridgehead atoms. The number of fused-ring (bicyclic) bond motifs is 2. The summed E-state index contributed by atoms with van der Waals surface area (Å²) in [4.78, 5) is 13.5. The first-order chi connectivity index (χ1) is 17.1. The average Bonchev–Trinajstić information content (AvgIpc) is 3.66. The maximum atomic E-state index is 8.18. The number of nitrogens with one attached hydrogen (secondary N) is 2. The fourth-order valence-electron chi connectivity index (χ4n) is 4.51. The normalized spacial score (nSPS) is 20.2. The van der Waals surface area contributed by atoms with Crippen LogP contribution in [0.2, 0.25) is 0 Å². The molecule has 3 aromatic heterocycles. The molecule has 4 unspecified atom stereocenters. The molecule has 0 radical (unpaired) electrons. The number of aromatic amines is 1. The number of hydrogen-bond donors (Lipinski definition) is 2. The topological polar surface area (TPSA) is 98.0 Å². The smallest absolute Gasteiger partial charge is 0.173 e. The van der Waals surface area contributed by atoms with Crippen molar-refractivity contribution in [2.45, 2.75) is 57.1 Å². The van der Waals surface area contributed by atoms with E-state index in [1.807, 2.05) is 46.3 Å². The Hall–Kier alpha value is -2.85. The van der Waals surface area contributed by atoms with Gasteiger partial charge in [0.15, 0.2) is 17.4 Å². The van der Waals surface area contributed by atoms with Crippen molar-refractivity contribution in [2.24, 2.45) is 0 Å². The Morgan fingerprint density at radius 1 is 1.20 bits per heavy atom. The number of aromatic nitrogens is 4. The van der Waals surface area contributed by atoms with E-state index >= 15 is 0 Å². The molecule has 1 saturated carbocycles. The second kappa shape index (κ2) is 10.8. The average molecular weight is 494 g/mol. The molecule has 0 spiro atoms. The van der Waals surface area contributed by atoms with Gasteiger partial charge in [-0.05, 0) is 30.7 Å². The lowest BCUT2D eigenvalue weighted by Gasteiger charge is -2.23. The summed E-state index contributed by atoms with van der Waals surface area (Å²) in [6.45, 7) is 3.18. The van der Waals surface area contributed by atoms with Crippen molar-refractivity contribution in [1.82, 2.24) is 19.5 Å². The highest BCUT2D eigenvalue weighted by Gasteiger charge is 2.36. The summed E-state index contributed by atoms with van der Waals surface area (Å²) in [5.74, 6) is 0.817. The van der Waals surface area contributed by atoms with Crippen molar-refractivity contribution in [1.29, 1.82) is 5.41 Å². The van der Waals surface area contributed by atoms with Crippen molar-refractivity contribution in [3.8, 4) is 0 Å². The second-order valence-electron chi connectivity index (χ2n) is 9.01. The van der Waals surface area contributed by atoms with E-state index in [4.69, 9.17) is 24.6 Å². The molecule has 2 aliphatic heterocycles. The standard InChI is InChI=1S/C21H23N5O2S.C5H8O/c1-14(11-28-12-16-9-6-10-29-16)19-24-17-18(22)23-13-26(20(17)25-19)21(27-2)15-7-4-3-5-8-15;1-2-5-3-4(1)6-5/h3-10,13-14,21-22H,11-12H2,1-2H3,(H,24,25);4-5H,1-3H2. The van der Waals surface area contributed by atoms with Crippen LogP contribution in [0.25, 0.3) is 11.2 Å². The van der Waals surface area contributed by atoms with E-state index in [2.05, 4.69) is 23.0 Å². The zero-order chi connectivity index (χ0) is 24.2. The predicted molar refractivity (Wildman–Crippen MR) is 134 cm³/mol. The number of imidazole rings is 1. The van der Waals surface area contributed by atoms with Crippen LogP contribution in [-0.4, -0.2) is 45.4 Å². The molecule has 3 fully saturated rings. The largest absolute Gasteiger partial charge is 0.375 e. The van der Waals surface area contributed by atoms with Gasteiger partial charge in [0.2, 0.25) is 0 Å². The third-order valence-corrected chi connectivity index (χ3v) is 7.29. The molecular weight excluding hydrogens is 462 g/mol. The molecule has 4 aromatic rings. The highest BCUT2D eigenvalue weighted by atomic mass is 32.1. The Morgan fingerprint density at radius 2 is 1.97 bits per heavy atom. The van der Waals surface area contributed by atoms with E-state index in [0.717, 1.165) is 11.4 Å². The molecule has 5 heterocycles. The minimum absolute atomic E-state index is 0.0490. The van der Waals surface area contributed by atoms with Crippen LogP contribution in [0.5, 0.6) is 0 Å². The molecule has 9 heteroatoms. The lowest BCUT2D eigenvalue weighted by atomic mass is 10.2. The van der Waals surface area contributed by atoms with Crippen LogP contribution >= 0.6 is 11.3 Å². The van der Waals surface area contributed by atoms with Crippen molar-refractivity contribution >= 4 is 22.5 Å². The van der Waals surface area contributed by atoms with Crippen molar-refractivity contribution in [3.05, 3.63) is 75.9 Å². The highest BCUT2D eigenvalue weighted by molar-refractivity contribution is 7.09. The number of ether oxygens (including phenoxy) is 3. The maximum absolute atomic E-state index is 8.18. The van der Waals surface area contributed by atoms with Gasteiger partial charge in [0.25, 0.3) is 0 Å². The van der Waals surface area contributed by atoms with Crippen LogP contribution in [-0.2, 0) is 20.8 Å². The summed E-state index contributed by atoms with van der Waals surface area (Å²) in [5, 5.41) is 10.2. The molecule has 0 amide bonds. The Morgan fingerprint density at radius 3 is 2.60 bits per heavy atom. The van der Waals surface area contributed by atoms with Gasteiger partial charge >= 0.3 is 0 Å². The molecule has 1 aliphatic carbocycles. The van der Waals surface area contributed by atoms with Crippen LogP contribution in [0.1, 0.15) is 54.6 Å². The molecule has 1 aromatic carbocycles. The number of nitrogens with zero attached hydrogens (tertiary/aromatic N) is 3. The van der Waals surface area contributed by atoms with Gasteiger partial charge in [-0.25, -0.2) is 9.97 Å². The van der Waals surface area contributed by atoms with Crippen LogP contribution in [0, 0.1) is 5.41 Å². The predicted octanol–water partition coefficient (Wildman–Crippen LogP) is 4.75. The van der Waals surface area contributed by atoms with E-state index in [0.29, 0.717) is 36.6 Å². The summed E-state index contributed by atoms with van der Waals surface area (Å²) in [7, 11) is 1.65. The number of methoxy groups -OCH3 is 1. The van der Waals surface area contributed by atoms with E-state index in [-0.39, 0.29) is 17.6 Å². The fourth-order valence-corrected chi connectivity index (χ4v) is 5.15. The summed E-state index contributed by atoms with van der Waals surface area (Å²) in [6, 6.07) is 14.0. The zero-order valence-corrected chi connectivity index (χ0v) is 20.8. The SMILES string of the molecule is C1CC2CC1O2.COC(c1ccccc1)n1cnc(=N)c2[nH]c(C(C)COCc3cccs3)nc21. The van der Waals surface area contributed by atoms with Gasteiger partial charge in [-0.3, -0.25) is 9.98 Å². The Balaban J connectivity index is 0.000000362. The second-order valence-corrected chi connectivity index (χ2v) is 10.0. The number of rotatable bonds is 8. The van der Waals surface area contributed by atoms with Gasteiger partial charge in [0.1, 0.15) is 17.7 Å². The number of benzene rings is 1. The summed E-state index contributed by atoms with van der Waals surface area (Å²) in [5.41, 5.74) is 2.37. The molecule has 2 saturated heterocycles. The Bertz CT molecular complexity index is 1270. The molecule has 3 aliphatic rings.